The number of halogens is 6. The Labute approximate surface area is 261 Å². The molecule has 5 unspecified atom stereocenters. The number of nitrogens with two attached hydrogens (primary N) is 1. The van der Waals surface area contributed by atoms with Gasteiger partial charge in [-0.1, -0.05) is 11.6 Å². The second-order valence-electron chi connectivity index (χ2n) is 13.3. The van der Waals surface area contributed by atoms with Crippen molar-refractivity contribution in [2.75, 3.05) is 36.9 Å². The lowest BCUT2D eigenvalue weighted by Gasteiger charge is -2.41. The van der Waals surface area contributed by atoms with Crippen LogP contribution in [-0.4, -0.2) is 75.9 Å². The average molecular weight is 650 g/mol. The van der Waals surface area contributed by atoms with Crippen molar-refractivity contribution >= 4 is 34.1 Å². The third-order valence-corrected chi connectivity index (χ3v) is 11.0. The number of piperazine rings is 1. The van der Waals surface area contributed by atoms with Gasteiger partial charge >= 0.3 is 12.2 Å². The number of hydrogen-bond donors (Lipinski definition) is 2. The molecule has 1 aromatic carbocycles. The van der Waals surface area contributed by atoms with Crippen LogP contribution < -0.4 is 20.7 Å². The van der Waals surface area contributed by atoms with E-state index in [1.165, 1.54) is 6.92 Å². The Morgan fingerprint density at radius 2 is 2.00 bits per heavy atom. The summed E-state index contributed by atoms with van der Waals surface area (Å²) in [5.41, 5.74) is 3.24. The highest BCUT2D eigenvalue weighted by molar-refractivity contribution is 6.35. The van der Waals surface area contributed by atoms with Crippen LogP contribution in [0.25, 0.3) is 22.2 Å². The zero-order valence-electron chi connectivity index (χ0n) is 24.7. The molecule has 0 amide bonds. The minimum absolute atomic E-state index is 0.00852. The smallest absolute Gasteiger partial charge is 0.418 e. The number of rotatable bonds is 4. The van der Waals surface area contributed by atoms with Crippen LogP contribution in [0.2, 0.25) is 5.02 Å². The van der Waals surface area contributed by atoms with Crippen LogP contribution >= 0.6 is 11.6 Å². The Morgan fingerprint density at radius 1 is 1.18 bits per heavy atom. The summed E-state index contributed by atoms with van der Waals surface area (Å²) in [6.45, 7) is 3.12. The van der Waals surface area contributed by atoms with Gasteiger partial charge in [-0.2, -0.15) is 23.1 Å². The number of nitrogens with one attached hydrogen (secondary N) is 1. The van der Waals surface area contributed by atoms with Gasteiger partial charge in [0.2, 0.25) is 0 Å². The zero-order valence-corrected chi connectivity index (χ0v) is 25.4. The molecule has 0 aliphatic carbocycles. The van der Waals surface area contributed by atoms with Gasteiger partial charge < -0.3 is 20.7 Å². The number of ether oxygens (including phenoxy) is 1. The second-order valence-corrected chi connectivity index (χ2v) is 13.7. The lowest BCUT2D eigenvalue weighted by Crippen LogP contribution is -2.58. The summed E-state index contributed by atoms with van der Waals surface area (Å²) >= 11 is 6.92. The predicted molar refractivity (Wildman–Crippen MR) is 160 cm³/mol. The fraction of sp³-hybridized carbons (Fsp3) is 0.581. The van der Waals surface area contributed by atoms with E-state index in [2.05, 4.69) is 25.1 Å². The Bertz CT molecular complexity index is 1720. The van der Waals surface area contributed by atoms with Gasteiger partial charge in [-0.05, 0) is 69.2 Å². The number of fused-ring (bicyclic) bond motifs is 6. The van der Waals surface area contributed by atoms with Gasteiger partial charge in [-0.15, -0.1) is 0 Å². The van der Waals surface area contributed by atoms with Crippen LogP contribution in [-0.2, 0) is 12.6 Å². The molecular formula is C31H33ClF5N7O. The summed E-state index contributed by atoms with van der Waals surface area (Å²) in [6, 6.07) is 1.42. The van der Waals surface area contributed by atoms with E-state index in [9.17, 15) is 17.6 Å². The number of aryl methyl sites for hydroxylation is 2. The number of pyridine rings is 1. The molecule has 0 radical (unpaired) electrons. The minimum Gasteiger partial charge on any atom is -0.461 e. The molecule has 240 valence electrons. The van der Waals surface area contributed by atoms with Crippen molar-refractivity contribution in [1.29, 1.82) is 0 Å². The Hall–Kier alpha value is -3.03. The van der Waals surface area contributed by atoms with Crippen LogP contribution in [0.15, 0.2) is 6.07 Å². The highest BCUT2D eigenvalue weighted by Crippen LogP contribution is 2.49. The summed E-state index contributed by atoms with van der Waals surface area (Å²) < 4.78 is 80.9. The molecule has 4 saturated heterocycles. The van der Waals surface area contributed by atoms with E-state index in [-0.39, 0.29) is 52.7 Å². The van der Waals surface area contributed by atoms with Crippen molar-refractivity contribution in [2.24, 2.45) is 0 Å². The first-order valence-electron chi connectivity index (χ1n) is 15.5. The van der Waals surface area contributed by atoms with E-state index in [0.717, 1.165) is 38.3 Å². The summed E-state index contributed by atoms with van der Waals surface area (Å²) in [4.78, 5) is 17.6. The average Bonchev–Trinajstić information content (AvgIpc) is 3.59. The second kappa shape index (κ2) is 10.2. The van der Waals surface area contributed by atoms with E-state index in [0.29, 0.717) is 49.1 Å². The Kier molecular flexibility index (Phi) is 6.68. The minimum atomic E-state index is -4.85. The fourth-order valence-corrected chi connectivity index (χ4v) is 9.08. The van der Waals surface area contributed by atoms with Gasteiger partial charge in [0.25, 0.3) is 0 Å². The Morgan fingerprint density at radius 3 is 2.80 bits per heavy atom. The number of nitrogens with zero attached hydrogens (tertiary/aromatic N) is 5. The highest BCUT2D eigenvalue weighted by Gasteiger charge is 2.50. The van der Waals surface area contributed by atoms with E-state index < -0.39 is 40.5 Å². The zero-order chi connectivity index (χ0) is 31.4. The third-order valence-electron chi connectivity index (χ3n) is 10.6. The molecular weight excluding hydrogens is 617 g/mol. The molecule has 8 nitrogen and oxygen atoms in total. The molecule has 2 bridgehead atoms. The fourth-order valence-electron chi connectivity index (χ4n) is 8.72. The van der Waals surface area contributed by atoms with Crippen molar-refractivity contribution in [3.05, 3.63) is 33.6 Å². The molecule has 14 heteroatoms. The number of hydrogen-bond acceptors (Lipinski definition) is 8. The van der Waals surface area contributed by atoms with Gasteiger partial charge in [0.1, 0.15) is 29.9 Å². The number of benzene rings is 1. The first-order chi connectivity index (χ1) is 21.4. The van der Waals surface area contributed by atoms with Gasteiger partial charge in [0.05, 0.1) is 32.8 Å². The van der Waals surface area contributed by atoms with Gasteiger partial charge in [0.15, 0.2) is 5.82 Å². The first kappa shape index (κ1) is 29.4. The maximum absolute atomic E-state index is 16.9. The number of alkyl halides is 4. The van der Waals surface area contributed by atoms with Crippen molar-refractivity contribution in [2.45, 2.75) is 87.9 Å². The molecule has 45 heavy (non-hydrogen) atoms. The summed E-state index contributed by atoms with van der Waals surface area (Å²) in [5.74, 6) is -0.773. The number of anilines is 2. The molecule has 5 atom stereocenters. The summed E-state index contributed by atoms with van der Waals surface area (Å²) in [6.07, 6.45) is -0.835. The van der Waals surface area contributed by atoms with E-state index in [4.69, 9.17) is 27.1 Å². The van der Waals surface area contributed by atoms with Gasteiger partial charge in [0, 0.05) is 37.6 Å². The molecule has 5 aliphatic heterocycles. The predicted octanol–water partition coefficient (Wildman–Crippen LogP) is 5.60. The number of nitrogen functional groups attached to an aromatic ring is 1. The van der Waals surface area contributed by atoms with Crippen molar-refractivity contribution in [3.8, 4) is 17.3 Å². The molecule has 3 N–H and O–H groups in total. The lowest BCUT2D eigenvalue weighted by molar-refractivity contribution is -0.137. The van der Waals surface area contributed by atoms with Gasteiger partial charge in [-0.3, -0.25) is 4.90 Å². The van der Waals surface area contributed by atoms with Crippen molar-refractivity contribution < 1.29 is 26.7 Å². The van der Waals surface area contributed by atoms with E-state index in [1.54, 1.807) is 0 Å². The molecule has 8 rings (SSSR count). The molecule has 0 saturated carbocycles. The maximum atomic E-state index is 16.9. The molecule has 4 fully saturated rings. The monoisotopic (exact) mass is 649 g/mol. The largest absolute Gasteiger partial charge is 0.461 e. The SMILES string of the molecule is Cc1cc(N)nc(-c2c(Cl)c3c4c(nc(OCC56CCCN5CC(F)C6)nc4c2F)N2CC4CCC(N4)C2CC3)c1C(F)(F)F. The van der Waals surface area contributed by atoms with Crippen molar-refractivity contribution in [1.82, 2.24) is 25.2 Å². The summed E-state index contributed by atoms with van der Waals surface area (Å²) in [7, 11) is 0. The standard InChI is InChI=1S/C31H33ClF5N7O/c1-14-9-20(38)40-26(23(14)31(35,36)37)22-24(32)17-4-6-19-18-5-3-16(39-18)12-44(19)28-21(17)27(25(22)34)41-29(42-28)45-13-30-7-2-8-43(30)11-15(33)10-30/h9,15-16,18-19,39H,2-8,10-13H2,1H3,(H2,38,40). The van der Waals surface area contributed by atoms with E-state index in [1.807, 2.05) is 0 Å². The van der Waals surface area contributed by atoms with Crippen molar-refractivity contribution in [3.63, 3.8) is 0 Å². The molecule has 0 spiro atoms. The Balaban J connectivity index is 1.34. The maximum Gasteiger partial charge on any atom is 0.418 e. The van der Waals surface area contributed by atoms with Crippen LogP contribution in [0.1, 0.15) is 55.2 Å². The molecule has 7 heterocycles. The van der Waals surface area contributed by atoms with Crippen LogP contribution in [0.4, 0.5) is 33.6 Å². The molecule has 2 aromatic heterocycles. The normalized spacial score (nSPS) is 29.3. The van der Waals surface area contributed by atoms with Crippen LogP contribution in [0, 0.1) is 12.7 Å². The number of aromatic nitrogens is 3. The molecule has 5 aliphatic rings. The highest BCUT2D eigenvalue weighted by atomic mass is 35.5. The topological polar surface area (TPSA) is 92.4 Å². The molecule has 3 aromatic rings. The third kappa shape index (κ3) is 4.55. The lowest BCUT2D eigenvalue weighted by atomic mass is 9.93. The summed E-state index contributed by atoms with van der Waals surface area (Å²) in [5, 5.41) is 3.89. The van der Waals surface area contributed by atoms with Gasteiger partial charge in [-0.25, -0.2) is 13.8 Å². The van der Waals surface area contributed by atoms with E-state index >= 15 is 4.39 Å². The van der Waals surface area contributed by atoms with Crippen LogP contribution in [0.3, 0.4) is 0 Å². The van der Waals surface area contributed by atoms with Crippen LogP contribution in [0.5, 0.6) is 6.01 Å². The quantitative estimate of drug-likeness (QED) is 0.353. The first-order valence-corrected chi connectivity index (χ1v) is 15.9.